The lowest BCUT2D eigenvalue weighted by molar-refractivity contribution is 0.308. The fraction of sp³-hybridized carbons (Fsp3) is 0.429. The van der Waals surface area contributed by atoms with E-state index < -0.39 is 0 Å². The third-order valence-electron chi connectivity index (χ3n) is 4.71. The number of rotatable bonds is 8. The molecule has 2 aromatic rings. The van der Waals surface area contributed by atoms with Gasteiger partial charge >= 0.3 is 0 Å². The smallest absolute Gasteiger partial charge is 0.191 e. The summed E-state index contributed by atoms with van der Waals surface area (Å²) in [5.74, 6) is 2.43. The van der Waals surface area contributed by atoms with Gasteiger partial charge in [-0.2, -0.15) is 0 Å². The molecular weight excluding hydrogens is 373 g/mol. The number of hydrogen-bond donors (Lipinski definition) is 2. The predicted octanol–water partition coefficient (Wildman–Crippen LogP) is 2.44. The van der Waals surface area contributed by atoms with Crippen LogP contribution in [0.15, 0.2) is 47.6 Å². The molecule has 0 amide bonds. The van der Waals surface area contributed by atoms with E-state index >= 15 is 0 Å². The number of halogens is 1. The van der Waals surface area contributed by atoms with Gasteiger partial charge in [0.1, 0.15) is 11.5 Å². The molecule has 0 saturated carbocycles. The second-order valence-corrected chi connectivity index (χ2v) is 6.76. The Hall–Kier alpha value is -3.03. The molecule has 0 aliphatic carbocycles. The van der Waals surface area contributed by atoms with Crippen LogP contribution in [0.3, 0.4) is 0 Å². The topological polar surface area (TPSA) is 71.0 Å². The SMILES string of the molecule is CN=C(NCCCOc1cccc(OC)c1)NC1CCN(c2ncccc2F)C1. The minimum atomic E-state index is -0.285. The first kappa shape index (κ1) is 20.7. The number of guanidine groups is 1. The number of benzene rings is 1. The highest BCUT2D eigenvalue weighted by Crippen LogP contribution is 2.21. The lowest BCUT2D eigenvalue weighted by atomic mass is 10.3. The van der Waals surface area contributed by atoms with Crippen LogP contribution in [0, 0.1) is 5.82 Å². The van der Waals surface area contributed by atoms with Gasteiger partial charge in [-0.3, -0.25) is 4.99 Å². The molecule has 1 saturated heterocycles. The van der Waals surface area contributed by atoms with Gasteiger partial charge in [-0.25, -0.2) is 9.37 Å². The van der Waals surface area contributed by atoms with Crippen molar-refractivity contribution < 1.29 is 13.9 Å². The summed E-state index contributed by atoms with van der Waals surface area (Å²) in [7, 11) is 3.38. The zero-order chi connectivity index (χ0) is 20.5. The van der Waals surface area contributed by atoms with Gasteiger partial charge in [0.2, 0.25) is 0 Å². The van der Waals surface area contributed by atoms with Crippen molar-refractivity contribution in [3.05, 3.63) is 48.4 Å². The summed E-state index contributed by atoms with van der Waals surface area (Å²) in [6, 6.07) is 10.8. The van der Waals surface area contributed by atoms with Crippen molar-refractivity contribution in [3.63, 3.8) is 0 Å². The Kier molecular flexibility index (Phi) is 7.49. The van der Waals surface area contributed by atoms with Gasteiger partial charge in [0, 0.05) is 45.0 Å². The quantitative estimate of drug-likeness (QED) is 0.402. The van der Waals surface area contributed by atoms with Crippen molar-refractivity contribution >= 4 is 11.8 Å². The van der Waals surface area contributed by atoms with E-state index in [-0.39, 0.29) is 11.9 Å². The Labute approximate surface area is 170 Å². The average molecular weight is 401 g/mol. The van der Waals surface area contributed by atoms with Crippen molar-refractivity contribution in [2.45, 2.75) is 18.9 Å². The maximum Gasteiger partial charge on any atom is 0.191 e. The summed E-state index contributed by atoms with van der Waals surface area (Å²) in [6.07, 6.45) is 3.34. The number of ether oxygens (including phenoxy) is 2. The molecule has 1 fully saturated rings. The Morgan fingerprint density at radius 1 is 1.31 bits per heavy atom. The molecule has 1 aliphatic heterocycles. The molecule has 1 unspecified atom stereocenters. The van der Waals surface area contributed by atoms with E-state index in [9.17, 15) is 4.39 Å². The summed E-state index contributed by atoms with van der Waals surface area (Å²) in [5, 5.41) is 6.70. The van der Waals surface area contributed by atoms with Gasteiger partial charge in [0.05, 0.1) is 13.7 Å². The maximum atomic E-state index is 13.9. The maximum absolute atomic E-state index is 13.9. The number of pyridine rings is 1. The van der Waals surface area contributed by atoms with Crippen LogP contribution < -0.4 is 25.0 Å². The van der Waals surface area contributed by atoms with Crippen LogP contribution in [0.1, 0.15) is 12.8 Å². The van der Waals surface area contributed by atoms with E-state index in [1.807, 2.05) is 29.2 Å². The second-order valence-electron chi connectivity index (χ2n) is 6.76. The Bertz CT molecular complexity index is 817. The summed E-state index contributed by atoms with van der Waals surface area (Å²) >= 11 is 0. The lowest BCUT2D eigenvalue weighted by Gasteiger charge is -2.20. The first-order valence-corrected chi connectivity index (χ1v) is 9.79. The molecule has 0 bridgehead atoms. The van der Waals surface area contributed by atoms with Crippen LogP contribution in [0.5, 0.6) is 11.5 Å². The molecule has 2 N–H and O–H groups in total. The van der Waals surface area contributed by atoms with Crippen molar-refractivity contribution in [2.75, 3.05) is 45.3 Å². The van der Waals surface area contributed by atoms with Crippen molar-refractivity contribution in [1.29, 1.82) is 0 Å². The standard InChI is InChI=1S/C21H28FN5O2/c1-23-21(25-11-5-13-29-18-7-3-6-17(14-18)28-2)26-16-9-12-27(15-16)20-19(22)8-4-10-24-20/h3-4,6-8,10,14,16H,5,9,11-13,15H2,1-2H3,(H2,23,25,26). The van der Waals surface area contributed by atoms with E-state index in [1.54, 1.807) is 26.4 Å². The summed E-state index contributed by atoms with van der Waals surface area (Å²) < 4.78 is 24.9. The number of methoxy groups -OCH3 is 1. The zero-order valence-electron chi connectivity index (χ0n) is 16.9. The first-order chi connectivity index (χ1) is 14.2. The average Bonchev–Trinajstić information content (AvgIpc) is 3.21. The number of nitrogens with zero attached hydrogens (tertiary/aromatic N) is 3. The number of nitrogens with one attached hydrogen (secondary N) is 2. The molecular formula is C21H28FN5O2. The third kappa shape index (κ3) is 5.97. The normalized spacial score (nSPS) is 16.6. The van der Waals surface area contributed by atoms with Crippen molar-refractivity contribution in [3.8, 4) is 11.5 Å². The van der Waals surface area contributed by atoms with Gasteiger partial charge in [-0.05, 0) is 37.1 Å². The second kappa shape index (κ2) is 10.5. The summed E-state index contributed by atoms with van der Waals surface area (Å²) in [4.78, 5) is 10.4. The van der Waals surface area contributed by atoms with Crippen molar-refractivity contribution in [2.24, 2.45) is 4.99 Å². The molecule has 0 spiro atoms. The van der Waals surface area contributed by atoms with Gasteiger partial charge in [0.15, 0.2) is 17.6 Å². The fourth-order valence-corrected chi connectivity index (χ4v) is 3.23. The Morgan fingerprint density at radius 3 is 2.97 bits per heavy atom. The van der Waals surface area contributed by atoms with E-state index in [1.165, 1.54) is 6.07 Å². The van der Waals surface area contributed by atoms with E-state index in [4.69, 9.17) is 9.47 Å². The molecule has 0 radical (unpaired) electrons. The first-order valence-electron chi connectivity index (χ1n) is 9.79. The molecule has 29 heavy (non-hydrogen) atoms. The van der Waals surface area contributed by atoms with Crippen molar-refractivity contribution in [1.82, 2.24) is 15.6 Å². The Morgan fingerprint density at radius 2 is 2.17 bits per heavy atom. The highest BCUT2D eigenvalue weighted by molar-refractivity contribution is 5.80. The van der Waals surface area contributed by atoms with Crippen LogP contribution in [0.2, 0.25) is 0 Å². The fourth-order valence-electron chi connectivity index (χ4n) is 3.23. The molecule has 156 valence electrons. The van der Waals surface area contributed by atoms with E-state index in [0.717, 1.165) is 43.4 Å². The van der Waals surface area contributed by atoms with Gasteiger partial charge in [-0.1, -0.05) is 6.07 Å². The Balaban J connectivity index is 1.37. The number of hydrogen-bond acceptors (Lipinski definition) is 5. The molecule has 1 aliphatic rings. The molecule has 1 aromatic heterocycles. The highest BCUT2D eigenvalue weighted by Gasteiger charge is 2.25. The number of aliphatic imine (C=N–C) groups is 1. The highest BCUT2D eigenvalue weighted by atomic mass is 19.1. The molecule has 1 atom stereocenters. The van der Waals surface area contributed by atoms with E-state index in [0.29, 0.717) is 19.0 Å². The van der Waals surface area contributed by atoms with Crippen LogP contribution >= 0.6 is 0 Å². The molecule has 2 heterocycles. The van der Waals surface area contributed by atoms with Crippen LogP contribution in [0.4, 0.5) is 10.2 Å². The number of aromatic nitrogens is 1. The summed E-state index contributed by atoms with van der Waals surface area (Å²) in [6.45, 7) is 2.77. The van der Waals surface area contributed by atoms with Gasteiger partial charge in [0.25, 0.3) is 0 Å². The molecule has 7 nitrogen and oxygen atoms in total. The van der Waals surface area contributed by atoms with Gasteiger partial charge in [-0.15, -0.1) is 0 Å². The summed E-state index contributed by atoms with van der Waals surface area (Å²) in [5.41, 5.74) is 0. The minimum Gasteiger partial charge on any atom is -0.497 e. The number of anilines is 1. The molecule has 8 heteroatoms. The lowest BCUT2D eigenvalue weighted by Crippen LogP contribution is -2.45. The van der Waals surface area contributed by atoms with Crippen LogP contribution in [-0.2, 0) is 0 Å². The molecule has 1 aromatic carbocycles. The molecule has 3 rings (SSSR count). The minimum absolute atomic E-state index is 0.190. The largest absolute Gasteiger partial charge is 0.497 e. The van der Waals surface area contributed by atoms with E-state index in [2.05, 4.69) is 20.6 Å². The van der Waals surface area contributed by atoms with Crippen LogP contribution in [-0.4, -0.2) is 57.4 Å². The third-order valence-corrected chi connectivity index (χ3v) is 4.71. The monoisotopic (exact) mass is 401 g/mol. The van der Waals surface area contributed by atoms with Crippen LogP contribution in [0.25, 0.3) is 0 Å². The van der Waals surface area contributed by atoms with Gasteiger partial charge < -0.3 is 25.0 Å². The zero-order valence-corrected chi connectivity index (χ0v) is 16.9. The predicted molar refractivity (Wildman–Crippen MR) is 112 cm³/mol.